The van der Waals surface area contributed by atoms with Gasteiger partial charge in [0.15, 0.2) is 0 Å². The first-order valence-corrected chi connectivity index (χ1v) is 7.67. The van der Waals surface area contributed by atoms with Crippen LogP contribution in [0.2, 0.25) is 0 Å². The van der Waals surface area contributed by atoms with E-state index in [1.54, 1.807) is 11.1 Å². The molecule has 1 heteroatoms. The Balaban J connectivity index is 1.62. The molecule has 1 N–H and O–H groups in total. The summed E-state index contributed by atoms with van der Waals surface area (Å²) in [5, 5.41) is 3.87. The van der Waals surface area contributed by atoms with Crippen molar-refractivity contribution in [2.24, 2.45) is 5.92 Å². The molecule has 2 unspecified atom stereocenters. The summed E-state index contributed by atoms with van der Waals surface area (Å²) in [5.41, 5.74) is 3.13. The predicted molar refractivity (Wildman–Crippen MR) is 76.7 cm³/mol. The third kappa shape index (κ3) is 2.61. The third-order valence-corrected chi connectivity index (χ3v) is 4.77. The van der Waals surface area contributed by atoms with Gasteiger partial charge in [-0.05, 0) is 49.7 Å². The first kappa shape index (κ1) is 12.2. The van der Waals surface area contributed by atoms with Crippen LogP contribution >= 0.6 is 0 Å². The van der Waals surface area contributed by atoms with Gasteiger partial charge in [-0.2, -0.15) is 0 Å². The zero-order valence-corrected chi connectivity index (χ0v) is 11.5. The van der Waals surface area contributed by atoms with E-state index in [-0.39, 0.29) is 0 Å². The van der Waals surface area contributed by atoms with Crippen LogP contribution in [-0.2, 0) is 6.42 Å². The SMILES string of the molecule is CC(CC1CCC1)NC1CCCc2ccccc21. The third-order valence-electron chi connectivity index (χ3n) is 4.77. The zero-order chi connectivity index (χ0) is 12.4. The van der Waals surface area contributed by atoms with Crippen LogP contribution < -0.4 is 5.32 Å². The van der Waals surface area contributed by atoms with Crippen molar-refractivity contribution in [2.75, 3.05) is 0 Å². The smallest absolute Gasteiger partial charge is 0.0325 e. The Bertz CT molecular complexity index is 394. The minimum absolute atomic E-state index is 0.602. The van der Waals surface area contributed by atoms with Crippen LogP contribution in [0.3, 0.4) is 0 Å². The molecule has 0 aromatic heterocycles. The van der Waals surface area contributed by atoms with Crippen molar-refractivity contribution >= 4 is 0 Å². The molecule has 2 atom stereocenters. The molecule has 0 radical (unpaired) electrons. The van der Waals surface area contributed by atoms with Crippen molar-refractivity contribution < 1.29 is 0 Å². The number of aryl methyl sites for hydroxylation is 1. The highest BCUT2D eigenvalue weighted by Gasteiger charge is 2.24. The fraction of sp³-hybridized carbons (Fsp3) is 0.647. The summed E-state index contributed by atoms with van der Waals surface area (Å²) in [4.78, 5) is 0. The van der Waals surface area contributed by atoms with E-state index < -0.39 is 0 Å². The maximum Gasteiger partial charge on any atom is 0.0325 e. The normalized spacial score (nSPS) is 25.3. The van der Waals surface area contributed by atoms with Gasteiger partial charge in [-0.3, -0.25) is 0 Å². The molecule has 0 heterocycles. The highest BCUT2D eigenvalue weighted by atomic mass is 14.9. The van der Waals surface area contributed by atoms with Gasteiger partial charge in [0.2, 0.25) is 0 Å². The Hall–Kier alpha value is -0.820. The van der Waals surface area contributed by atoms with Crippen molar-refractivity contribution in [3.05, 3.63) is 35.4 Å². The van der Waals surface area contributed by atoms with Gasteiger partial charge >= 0.3 is 0 Å². The van der Waals surface area contributed by atoms with E-state index >= 15 is 0 Å². The Kier molecular flexibility index (Phi) is 3.69. The summed E-state index contributed by atoms with van der Waals surface area (Å²) < 4.78 is 0. The zero-order valence-electron chi connectivity index (χ0n) is 11.5. The molecule has 2 aliphatic rings. The lowest BCUT2D eigenvalue weighted by Crippen LogP contribution is -2.35. The van der Waals surface area contributed by atoms with E-state index in [9.17, 15) is 0 Å². The van der Waals surface area contributed by atoms with Gasteiger partial charge in [-0.25, -0.2) is 0 Å². The topological polar surface area (TPSA) is 12.0 Å². The summed E-state index contributed by atoms with van der Waals surface area (Å²) in [5.74, 6) is 1.01. The molecule has 1 aromatic rings. The Morgan fingerprint density at radius 1 is 1.17 bits per heavy atom. The molecule has 0 saturated heterocycles. The number of nitrogens with one attached hydrogen (secondary N) is 1. The van der Waals surface area contributed by atoms with Gasteiger partial charge in [0.05, 0.1) is 0 Å². The van der Waals surface area contributed by atoms with Gasteiger partial charge in [0.25, 0.3) is 0 Å². The molecule has 98 valence electrons. The fourth-order valence-corrected chi connectivity index (χ4v) is 3.57. The van der Waals surface area contributed by atoms with Crippen molar-refractivity contribution in [2.45, 2.75) is 64.0 Å². The van der Waals surface area contributed by atoms with Crippen molar-refractivity contribution in [3.8, 4) is 0 Å². The maximum atomic E-state index is 3.87. The number of hydrogen-bond donors (Lipinski definition) is 1. The van der Waals surface area contributed by atoms with E-state index in [1.807, 2.05) is 0 Å². The Morgan fingerprint density at radius 2 is 2.00 bits per heavy atom. The van der Waals surface area contributed by atoms with E-state index in [1.165, 1.54) is 44.9 Å². The van der Waals surface area contributed by atoms with Gasteiger partial charge in [-0.1, -0.05) is 43.5 Å². The second-order valence-electron chi connectivity index (χ2n) is 6.24. The van der Waals surface area contributed by atoms with Gasteiger partial charge < -0.3 is 5.32 Å². The molecule has 2 aliphatic carbocycles. The van der Waals surface area contributed by atoms with Crippen molar-refractivity contribution in [3.63, 3.8) is 0 Å². The molecule has 1 aromatic carbocycles. The minimum Gasteiger partial charge on any atom is -0.307 e. The van der Waals surface area contributed by atoms with Crippen molar-refractivity contribution in [1.82, 2.24) is 5.32 Å². The van der Waals surface area contributed by atoms with E-state index in [0.29, 0.717) is 12.1 Å². The van der Waals surface area contributed by atoms with Crippen LogP contribution in [0.4, 0.5) is 0 Å². The van der Waals surface area contributed by atoms with Crippen LogP contribution in [0.5, 0.6) is 0 Å². The quantitative estimate of drug-likeness (QED) is 0.834. The molecule has 0 aliphatic heterocycles. The summed E-state index contributed by atoms with van der Waals surface area (Å²) >= 11 is 0. The summed E-state index contributed by atoms with van der Waals surface area (Å²) in [6, 6.07) is 10.3. The molecular weight excluding hydrogens is 218 g/mol. The molecule has 0 bridgehead atoms. The van der Waals surface area contributed by atoms with Crippen molar-refractivity contribution in [1.29, 1.82) is 0 Å². The monoisotopic (exact) mass is 243 g/mol. The summed E-state index contributed by atoms with van der Waals surface area (Å²) in [7, 11) is 0. The molecule has 1 saturated carbocycles. The predicted octanol–water partition coefficient (Wildman–Crippen LogP) is 4.23. The van der Waals surface area contributed by atoms with Crippen LogP contribution in [0.15, 0.2) is 24.3 Å². The van der Waals surface area contributed by atoms with Gasteiger partial charge in [0.1, 0.15) is 0 Å². The number of fused-ring (bicyclic) bond motifs is 1. The van der Waals surface area contributed by atoms with Crippen LogP contribution in [0.1, 0.15) is 62.6 Å². The van der Waals surface area contributed by atoms with Crippen LogP contribution in [0, 0.1) is 5.92 Å². The lowest BCUT2D eigenvalue weighted by atomic mass is 9.80. The van der Waals surface area contributed by atoms with Gasteiger partial charge in [0, 0.05) is 12.1 Å². The lowest BCUT2D eigenvalue weighted by Gasteiger charge is -2.33. The van der Waals surface area contributed by atoms with E-state index in [4.69, 9.17) is 0 Å². The highest BCUT2D eigenvalue weighted by molar-refractivity contribution is 5.32. The maximum absolute atomic E-state index is 3.87. The Labute approximate surface area is 111 Å². The first-order chi connectivity index (χ1) is 8.83. The number of benzene rings is 1. The summed E-state index contributed by atoms with van der Waals surface area (Å²) in [6.07, 6.45) is 9.69. The molecule has 18 heavy (non-hydrogen) atoms. The standard InChI is InChI=1S/C17H25N/c1-13(12-14-6-4-7-14)18-17-11-5-9-15-8-2-3-10-16(15)17/h2-3,8,10,13-14,17-18H,4-7,9,11-12H2,1H3. The average molecular weight is 243 g/mol. The summed E-state index contributed by atoms with van der Waals surface area (Å²) in [6.45, 7) is 2.37. The van der Waals surface area contributed by atoms with E-state index in [2.05, 4.69) is 36.5 Å². The molecule has 3 rings (SSSR count). The lowest BCUT2D eigenvalue weighted by molar-refractivity contribution is 0.253. The van der Waals surface area contributed by atoms with Crippen LogP contribution in [0.25, 0.3) is 0 Å². The molecule has 1 nitrogen and oxygen atoms in total. The van der Waals surface area contributed by atoms with Crippen LogP contribution in [-0.4, -0.2) is 6.04 Å². The second kappa shape index (κ2) is 5.44. The average Bonchev–Trinajstić information content (AvgIpc) is 2.34. The highest BCUT2D eigenvalue weighted by Crippen LogP contribution is 2.33. The molecule has 0 amide bonds. The largest absolute Gasteiger partial charge is 0.307 e. The van der Waals surface area contributed by atoms with Gasteiger partial charge in [-0.15, -0.1) is 0 Å². The molecule has 1 fully saturated rings. The minimum atomic E-state index is 0.602. The number of hydrogen-bond acceptors (Lipinski definition) is 1. The second-order valence-corrected chi connectivity index (χ2v) is 6.24. The number of rotatable bonds is 4. The van der Waals surface area contributed by atoms with E-state index in [0.717, 1.165) is 5.92 Å². The fourth-order valence-electron chi connectivity index (χ4n) is 3.57. The first-order valence-electron chi connectivity index (χ1n) is 7.67. The molecular formula is C17H25N. The Morgan fingerprint density at radius 3 is 2.78 bits per heavy atom. The molecule has 0 spiro atoms.